The predicted molar refractivity (Wildman–Crippen MR) is 86.6 cm³/mol. The van der Waals surface area contributed by atoms with Gasteiger partial charge in [-0.25, -0.2) is 0 Å². The van der Waals surface area contributed by atoms with Gasteiger partial charge in [-0.15, -0.1) is 0 Å². The van der Waals surface area contributed by atoms with Crippen molar-refractivity contribution in [3.8, 4) is 11.5 Å². The molecule has 1 aromatic heterocycles. The van der Waals surface area contributed by atoms with E-state index in [0.717, 1.165) is 11.2 Å². The number of nitrogens with zero attached hydrogens (tertiary/aromatic N) is 2. The molecule has 0 unspecified atom stereocenters. The highest BCUT2D eigenvalue weighted by Gasteiger charge is 2.35. The minimum atomic E-state index is -0.938. The second kappa shape index (κ2) is 6.14. The quantitative estimate of drug-likeness (QED) is 0.829. The molecule has 6 heteroatoms. The van der Waals surface area contributed by atoms with Crippen molar-refractivity contribution in [2.24, 2.45) is 7.05 Å². The fourth-order valence-corrected chi connectivity index (χ4v) is 1.56. The van der Waals surface area contributed by atoms with Gasteiger partial charge in [0.25, 0.3) is 0 Å². The molecule has 0 aliphatic carbocycles. The summed E-state index contributed by atoms with van der Waals surface area (Å²) in [5.41, 5.74) is -0.721. The summed E-state index contributed by atoms with van der Waals surface area (Å²) in [5, 5.41) is 14.1. The highest BCUT2D eigenvalue weighted by Crippen LogP contribution is 2.24. The Hall–Kier alpha value is -1.79. The van der Waals surface area contributed by atoms with Crippen LogP contribution in [-0.2, 0) is 11.7 Å². The minimum Gasteiger partial charge on any atom is -0.454 e. The van der Waals surface area contributed by atoms with Gasteiger partial charge < -0.3 is 14.5 Å². The Balaban J connectivity index is 1.95. The van der Waals surface area contributed by atoms with Crippen molar-refractivity contribution in [3.63, 3.8) is 0 Å². The van der Waals surface area contributed by atoms with E-state index in [0.29, 0.717) is 5.75 Å². The second-order valence-electron chi connectivity index (χ2n) is 6.33. The molecule has 1 N–H and O–H groups in total. The van der Waals surface area contributed by atoms with Gasteiger partial charge >= 0.3 is 7.48 Å². The molecule has 0 bridgehead atoms. The van der Waals surface area contributed by atoms with Crippen molar-refractivity contribution in [1.29, 1.82) is 0 Å². The monoisotopic (exact) mass is 301 g/mol. The van der Waals surface area contributed by atoms with Crippen molar-refractivity contribution in [1.82, 2.24) is 9.78 Å². The lowest BCUT2D eigenvalue weighted by atomic mass is 9.82. The molecule has 117 valence electrons. The van der Waals surface area contributed by atoms with E-state index in [1.54, 1.807) is 38.4 Å². The standard InChI is InChI=1S/C16H22BN2O3/c1-15(2,20)16(3,4)22-17-12-6-8-13(9-7-12)21-14-10-18-19(5)11-14/h6-11,20H,1-5H3. The molecule has 0 aliphatic heterocycles. The fourth-order valence-electron chi connectivity index (χ4n) is 1.56. The average molecular weight is 301 g/mol. The zero-order chi connectivity index (χ0) is 16.4. The number of aryl methyl sites for hydroxylation is 1. The van der Waals surface area contributed by atoms with Crippen molar-refractivity contribution < 1.29 is 14.5 Å². The zero-order valence-corrected chi connectivity index (χ0v) is 13.7. The molecule has 1 radical (unpaired) electrons. The summed E-state index contributed by atoms with van der Waals surface area (Å²) < 4.78 is 13.1. The van der Waals surface area contributed by atoms with Crippen molar-refractivity contribution >= 4 is 12.9 Å². The molecule has 5 nitrogen and oxygen atoms in total. The van der Waals surface area contributed by atoms with Gasteiger partial charge in [0.05, 0.1) is 23.6 Å². The molecule has 0 spiro atoms. The molecule has 22 heavy (non-hydrogen) atoms. The Labute approximate surface area is 132 Å². The van der Waals surface area contributed by atoms with Gasteiger partial charge in [-0.05, 0) is 39.8 Å². The summed E-state index contributed by atoms with van der Waals surface area (Å²) in [6.07, 6.45) is 3.46. The van der Waals surface area contributed by atoms with E-state index < -0.39 is 11.2 Å². The molecular weight excluding hydrogens is 279 g/mol. The third-order valence-corrected chi connectivity index (χ3v) is 3.76. The Morgan fingerprint density at radius 2 is 1.73 bits per heavy atom. The Bertz CT molecular complexity index is 615. The number of aliphatic hydroxyl groups is 1. The lowest BCUT2D eigenvalue weighted by Crippen LogP contribution is -2.49. The minimum absolute atomic E-state index is 0.683. The lowest BCUT2D eigenvalue weighted by Gasteiger charge is -2.37. The van der Waals surface area contributed by atoms with Gasteiger partial charge in [0.1, 0.15) is 5.75 Å². The number of benzene rings is 1. The fraction of sp³-hybridized carbons (Fsp3) is 0.438. The van der Waals surface area contributed by atoms with Crippen molar-refractivity contribution in [2.75, 3.05) is 0 Å². The largest absolute Gasteiger partial charge is 0.454 e. The molecule has 2 aromatic rings. The van der Waals surface area contributed by atoms with Gasteiger partial charge in [0, 0.05) is 7.05 Å². The van der Waals surface area contributed by atoms with Gasteiger partial charge in [0.2, 0.25) is 0 Å². The first-order valence-electron chi connectivity index (χ1n) is 7.17. The van der Waals surface area contributed by atoms with Crippen LogP contribution in [0.4, 0.5) is 0 Å². The van der Waals surface area contributed by atoms with Crippen LogP contribution in [0.25, 0.3) is 0 Å². The van der Waals surface area contributed by atoms with E-state index in [-0.39, 0.29) is 0 Å². The highest BCUT2D eigenvalue weighted by molar-refractivity contribution is 6.47. The van der Waals surface area contributed by atoms with Gasteiger partial charge in [-0.2, -0.15) is 5.10 Å². The van der Waals surface area contributed by atoms with E-state index in [2.05, 4.69) is 5.10 Å². The average Bonchev–Trinajstić information content (AvgIpc) is 2.82. The molecule has 0 atom stereocenters. The number of hydrogen-bond acceptors (Lipinski definition) is 4. The van der Waals surface area contributed by atoms with Crippen LogP contribution >= 0.6 is 0 Å². The zero-order valence-electron chi connectivity index (χ0n) is 13.7. The third-order valence-electron chi connectivity index (χ3n) is 3.76. The molecule has 2 rings (SSSR count). The molecule has 1 aromatic carbocycles. The summed E-state index contributed by atoms with van der Waals surface area (Å²) >= 11 is 0. The number of rotatable bonds is 6. The van der Waals surface area contributed by atoms with Crippen molar-refractivity contribution in [2.45, 2.75) is 38.9 Å². The first kappa shape index (κ1) is 16.6. The molecule has 1 heterocycles. The van der Waals surface area contributed by atoms with Crippen molar-refractivity contribution in [3.05, 3.63) is 36.7 Å². The molecule has 0 fully saturated rings. The summed E-state index contributed by atoms with van der Waals surface area (Å²) in [6, 6.07) is 7.51. The summed E-state index contributed by atoms with van der Waals surface area (Å²) in [5.74, 6) is 1.42. The maximum absolute atomic E-state index is 10.1. The van der Waals surface area contributed by atoms with E-state index in [9.17, 15) is 5.11 Å². The maximum atomic E-state index is 10.1. The van der Waals surface area contributed by atoms with Gasteiger partial charge in [-0.1, -0.05) is 17.6 Å². The highest BCUT2D eigenvalue weighted by atomic mass is 16.5. The van der Waals surface area contributed by atoms with Crippen LogP contribution in [-0.4, -0.2) is 33.6 Å². The summed E-state index contributed by atoms with van der Waals surface area (Å²) in [6.45, 7) is 7.16. The van der Waals surface area contributed by atoms with Gasteiger partial charge in [-0.3, -0.25) is 4.68 Å². The normalized spacial score (nSPS) is 12.3. The smallest absolute Gasteiger partial charge is 0.330 e. The molecular formula is C16H22BN2O3. The van der Waals surface area contributed by atoms with E-state index in [1.807, 2.05) is 45.2 Å². The van der Waals surface area contributed by atoms with E-state index >= 15 is 0 Å². The molecule has 0 aliphatic rings. The van der Waals surface area contributed by atoms with Crippen LogP contribution in [0.3, 0.4) is 0 Å². The lowest BCUT2D eigenvalue weighted by molar-refractivity contribution is -0.0893. The number of aromatic nitrogens is 2. The summed E-state index contributed by atoms with van der Waals surface area (Å²) in [4.78, 5) is 0. The second-order valence-corrected chi connectivity index (χ2v) is 6.33. The molecule has 0 saturated carbocycles. The van der Waals surface area contributed by atoms with Gasteiger partial charge in [0.15, 0.2) is 5.75 Å². The number of ether oxygens (including phenoxy) is 1. The Morgan fingerprint density at radius 3 is 2.23 bits per heavy atom. The topological polar surface area (TPSA) is 56.5 Å². The first-order chi connectivity index (χ1) is 10.2. The van der Waals surface area contributed by atoms with E-state index in [4.69, 9.17) is 9.39 Å². The third kappa shape index (κ3) is 4.12. The predicted octanol–water partition coefficient (Wildman–Crippen LogP) is 2.02. The van der Waals surface area contributed by atoms with Crippen LogP contribution in [0.5, 0.6) is 11.5 Å². The SMILES string of the molecule is Cn1cc(Oc2ccc([B]OC(C)(C)C(C)(C)O)cc2)cn1. The molecule has 0 saturated heterocycles. The number of hydrogen-bond donors (Lipinski definition) is 1. The van der Waals surface area contributed by atoms with Crippen LogP contribution in [0, 0.1) is 0 Å². The molecule has 0 amide bonds. The van der Waals surface area contributed by atoms with Crippen LogP contribution in [0.2, 0.25) is 0 Å². The Kier molecular flexibility index (Phi) is 4.63. The Morgan fingerprint density at radius 1 is 1.09 bits per heavy atom. The maximum Gasteiger partial charge on any atom is 0.330 e. The summed E-state index contributed by atoms with van der Waals surface area (Å²) in [7, 11) is 3.48. The van der Waals surface area contributed by atoms with Crippen LogP contribution in [0.15, 0.2) is 36.7 Å². The first-order valence-corrected chi connectivity index (χ1v) is 7.17. The van der Waals surface area contributed by atoms with Crippen LogP contribution in [0.1, 0.15) is 27.7 Å². The van der Waals surface area contributed by atoms with E-state index in [1.165, 1.54) is 0 Å². The van der Waals surface area contributed by atoms with Crippen LogP contribution < -0.4 is 10.2 Å².